The maximum Gasteiger partial charge on any atom is 0.265 e. The zero-order chi connectivity index (χ0) is 27.0. The van der Waals surface area contributed by atoms with Crippen LogP contribution in [0.5, 0.6) is 11.5 Å². The highest BCUT2D eigenvalue weighted by Gasteiger charge is 2.33. The van der Waals surface area contributed by atoms with Crippen LogP contribution in [0.2, 0.25) is 0 Å². The first kappa shape index (κ1) is 27.2. The third kappa shape index (κ3) is 6.90. The first-order valence-electron chi connectivity index (χ1n) is 12.5. The van der Waals surface area contributed by atoms with Crippen molar-refractivity contribution in [3.63, 3.8) is 0 Å². The smallest absolute Gasteiger partial charge is 0.265 e. The van der Waals surface area contributed by atoms with Gasteiger partial charge in [-0.25, -0.2) is 13.1 Å². The van der Waals surface area contributed by atoms with Crippen LogP contribution >= 0.6 is 0 Å². The molecule has 1 aliphatic rings. The lowest BCUT2D eigenvalue weighted by Crippen LogP contribution is -2.52. The molecule has 1 atom stereocenters. The van der Waals surface area contributed by atoms with Crippen LogP contribution < -0.4 is 24.4 Å². The van der Waals surface area contributed by atoms with E-state index in [1.54, 1.807) is 24.3 Å². The first-order chi connectivity index (χ1) is 18.4. The predicted molar refractivity (Wildman–Crippen MR) is 144 cm³/mol. The Kier molecular flexibility index (Phi) is 8.98. The summed E-state index contributed by atoms with van der Waals surface area (Å²) in [6, 6.07) is 22.7. The van der Waals surface area contributed by atoms with Crippen LogP contribution in [0, 0.1) is 0 Å². The number of amides is 2. The number of sulfonamides is 1. The Morgan fingerprint density at radius 1 is 0.974 bits per heavy atom. The second-order valence-corrected chi connectivity index (χ2v) is 10.5. The number of carbonyl (C=O) groups is 2. The molecule has 0 saturated heterocycles. The molecule has 4 rings (SSSR count). The van der Waals surface area contributed by atoms with E-state index in [2.05, 4.69) is 10.0 Å². The van der Waals surface area contributed by atoms with Crippen LogP contribution in [-0.2, 0) is 26.0 Å². The summed E-state index contributed by atoms with van der Waals surface area (Å²) in [5.41, 5.74) is 1.66. The Labute approximate surface area is 222 Å². The van der Waals surface area contributed by atoms with E-state index in [1.165, 1.54) is 29.2 Å². The summed E-state index contributed by atoms with van der Waals surface area (Å²) in [4.78, 5) is 27.6. The lowest BCUT2D eigenvalue weighted by molar-refractivity contribution is -0.128. The molecule has 2 N–H and O–H groups in total. The Morgan fingerprint density at radius 2 is 1.68 bits per heavy atom. The predicted octanol–water partition coefficient (Wildman–Crippen LogP) is 2.91. The van der Waals surface area contributed by atoms with Crippen LogP contribution in [0.4, 0.5) is 5.69 Å². The number of carbonyl (C=O) groups excluding carboxylic acids is 2. The van der Waals surface area contributed by atoms with Crippen molar-refractivity contribution in [1.29, 1.82) is 0 Å². The number of nitrogens with one attached hydrogen (secondary N) is 2. The van der Waals surface area contributed by atoms with Crippen molar-refractivity contribution >= 4 is 27.5 Å². The molecule has 10 heteroatoms. The van der Waals surface area contributed by atoms with Crippen molar-refractivity contribution in [3.05, 3.63) is 84.4 Å². The third-order valence-corrected chi connectivity index (χ3v) is 7.44. The molecule has 0 aromatic heterocycles. The van der Waals surface area contributed by atoms with Crippen LogP contribution in [0.3, 0.4) is 0 Å². The number of hydrogen-bond acceptors (Lipinski definition) is 6. The number of benzene rings is 3. The van der Waals surface area contributed by atoms with Crippen molar-refractivity contribution in [2.24, 2.45) is 0 Å². The molecule has 0 unspecified atom stereocenters. The van der Waals surface area contributed by atoms with Crippen LogP contribution in [0.15, 0.2) is 83.8 Å². The van der Waals surface area contributed by atoms with Crippen molar-refractivity contribution in [1.82, 2.24) is 10.0 Å². The van der Waals surface area contributed by atoms with Gasteiger partial charge in [0.15, 0.2) is 12.7 Å². The van der Waals surface area contributed by atoms with Crippen molar-refractivity contribution < 1.29 is 27.5 Å². The molecular formula is C28H31N3O6S. The fraction of sp³-hybridized carbons (Fsp3) is 0.286. The van der Waals surface area contributed by atoms with Gasteiger partial charge >= 0.3 is 0 Å². The van der Waals surface area contributed by atoms with E-state index in [-0.39, 0.29) is 29.9 Å². The summed E-state index contributed by atoms with van der Waals surface area (Å²) < 4.78 is 38.6. The second kappa shape index (κ2) is 12.6. The molecule has 0 aliphatic carbocycles. The van der Waals surface area contributed by atoms with Gasteiger partial charge < -0.3 is 19.7 Å². The van der Waals surface area contributed by atoms with Gasteiger partial charge in [0.05, 0.1) is 17.1 Å². The first-order valence-corrected chi connectivity index (χ1v) is 14.0. The monoisotopic (exact) mass is 537 g/mol. The van der Waals surface area contributed by atoms with Crippen molar-refractivity contribution in [2.45, 2.75) is 30.8 Å². The van der Waals surface area contributed by atoms with Gasteiger partial charge in [0.2, 0.25) is 10.0 Å². The Bertz CT molecular complexity index is 1350. The zero-order valence-corrected chi connectivity index (χ0v) is 21.9. The van der Waals surface area contributed by atoms with E-state index in [0.29, 0.717) is 43.1 Å². The van der Waals surface area contributed by atoms with E-state index >= 15 is 0 Å². The molecule has 38 heavy (non-hydrogen) atoms. The molecule has 0 saturated carbocycles. The summed E-state index contributed by atoms with van der Waals surface area (Å²) in [7, 11) is -3.59. The molecule has 0 spiro atoms. The van der Waals surface area contributed by atoms with Crippen LogP contribution in [0.25, 0.3) is 0 Å². The van der Waals surface area contributed by atoms with Gasteiger partial charge in [0.1, 0.15) is 11.5 Å². The van der Waals surface area contributed by atoms with Gasteiger partial charge in [0.25, 0.3) is 11.8 Å². The standard InChI is InChI=1S/C28H31N3O6S/c1-2-17-30-38(34,35)23-14-12-22(13-15-23)36-20-27(32)31-19-26(37-25-11-7-6-10-24(25)31)28(33)29-18-16-21-8-4-3-5-9-21/h3-15,26,30H,2,16-20H2,1H3,(H,29,33)/t26-/m0/s1. The van der Waals surface area contributed by atoms with Gasteiger partial charge in [-0.05, 0) is 54.8 Å². The van der Waals surface area contributed by atoms with Gasteiger partial charge in [-0.15, -0.1) is 0 Å². The summed E-state index contributed by atoms with van der Waals surface area (Å²) in [6.07, 6.45) is 0.495. The average Bonchev–Trinajstić information content (AvgIpc) is 2.95. The van der Waals surface area contributed by atoms with Crippen LogP contribution in [0.1, 0.15) is 18.9 Å². The Balaban J connectivity index is 1.37. The molecule has 0 fully saturated rings. The average molecular weight is 538 g/mol. The van der Waals surface area contributed by atoms with E-state index in [4.69, 9.17) is 9.47 Å². The molecule has 2 amide bonds. The third-order valence-electron chi connectivity index (χ3n) is 5.96. The number of hydrogen-bond donors (Lipinski definition) is 2. The number of rotatable bonds is 11. The molecular weight excluding hydrogens is 506 g/mol. The van der Waals surface area contributed by atoms with Crippen molar-refractivity contribution in [2.75, 3.05) is 31.1 Å². The molecule has 9 nitrogen and oxygen atoms in total. The molecule has 0 bridgehead atoms. The minimum absolute atomic E-state index is 0.0383. The van der Waals surface area contributed by atoms with Crippen LogP contribution in [-0.4, -0.2) is 52.6 Å². The Morgan fingerprint density at radius 3 is 2.42 bits per heavy atom. The molecule has 3 aromatic rings. The van der Waals surface area contributed by atoms with E-state index in [1.807, 2.05) is 37.3 Å². The highest BCUT2D eigenvalue weighted by Crippen LogP contribution is 2.33. The summed E-state index contributed by atoms with van der Waals surface area (Å²) in [6.45, 7) is 2.42. The maximum atomic E-state index is 13.2. The lowest BCUT2D eigenvalue weighted by Gasteiger charge is -2.34. The fourth-order valence-corrected chi connectivity index (χ4v) is 5.09. The Hall–Kier alpha value is -3.89. The molecule has 3 aromatic carbocycles. The molecule has 0 radical (unpaired) electrons. The fourth-order valence-electron chi connectivity index (χ4n) is 3.95. The number of ether oxygens (including phenoxy) is 2. The SMILES string of the molecule is CCCNS(=O)(=O)c1ccc(OCC(=O)N2C[C@@H](C(=O)NCCc3ccccc3)Oc3ccccc32)cc1. The maximum absolute atomic E-state index is 13.2. The largest absolute Gasteiger partial charge is 0.484 e. The zero-order valence-electron chi connectivity index (χ0n) is 21.1. The quantitative estimate of drug-likeness (QED) is 0.389. The number of para-hydroxylation sites is 2. The van der Waals surface area contributed by atoms with Crippen molar-refractivity contribution in [3.8, 4) is 11.5 Å². The summed E-state index contributed by atoms with van der Waals surface area (Å²) >= 11 is 0. The molecule has 1 aliphatic heterocycles. The normalized spacial score (nSPS) is 14.8. The molecule has 200 valence electrons. The lowest BCUT2D eigenvalue weighted by atomic mass is 10.1. The number of nitrogens with zero attached hydrogens (tertiary/aromatic N) is 1. The van der Waals surface area contributed by atoms with E-state index < -0.39 is 16.1 Å². The van der Waals surface area contributed by atoms with E-state index in [0.717, 1.165) is 5.56 Å². The number of anilines is 1. The van der Waals surface area contributed by atoms with Gasteiger partial charge in [-0.2, -0.15) is 0 Å². The second-order valence-electron chi connectivity index (χ2n) is 8.76. The minimum atomic E-state index is -3.59. The van der Waals surface area contributed by atoms with Gasteiger partial charge in [-0.3, -0.25) is 9.59 Å². The summed E-state index contributed by atoms with van der Waals surface area (Å²) in [5, 5.41) is 2.89. The number of fused-ring (bicyclic) bond motifs is 1. The summed E-state index contributed by atoms with van der Waals surface area (Å²) in [5.74, 6) is 0.126. The van der Waals surface area contributed by atoms with Gasteiger partial charge in [0, 0.05) is 13.1 Å². The van der Waals surface area contributed by atoms with E-state index in [9.17, 15) is 18.0 Å². The highest BCUT2D eigenvalue weighted by atomic mass is 32.2. The highest BCUT2D eigenvalue weighted by molar-refractivity contribution is 7.89. The van der Waals surface area contributed by atoms with Gasteiger partial charge in [-0.1, -0.05) is 49.4 Å². The topological polar surface area (TPSA) is 114 Å². The minimum Gasteiger partial charge on any atom is -0.484 e. The molecule has 1 heterocycles.